The molecule has 2 aromatic carbocycles. The molecule has 0 radical (unpaired) electrons. The molecule has 3 rings (SSSR count). The Balaban J connectivity index is 1.59. The number of carbonyl (C=O) groups excluding carboxylic acids is 2. The summed E-state index contributed by atoms with van der Waals surface area (Å²) in [6.45, 7) is 0.307. The van der Waals surface area contributed by atoms with Crippen LogP contribution >= 0.6 is 0 Å². The Labute approximate surface area is 159 Å². The lowest BCUT2D eigenvalue weighted by atomic mass is 10.2. The molecule has 0 fully saturated rings. The zero-order valence-electron chi connectivity index (χ0n) is 14.8. The number of anilines is 1. The summed E-state index contributed by atoms with van der Waals surface area (Å²) in [5, 5.41) is 13.6. The number of nitro groups is 1. The number of nitrogens with zero attached hydrogens (tertiary/aromatic N) is 1. The Kier molecular flexibility index (Phi) is 5.58. The minimum Gasteiger partial charge on any atom is -0.490 e. The molecular weight excluding hydrogens is 372 g/mol. The Hall–Kier alpha value is -3.82. The summed E-state index contributed by atoms with van der Waals surface area (Å²) >= 11 is 0. The van der Waals surface area contributed by atoms with Crippen LogP contribution in [-0.2, 0) is 9.53 Å². The van der Waals surface area contributed by atoms with Gasteiger partial charge in [-0.3, -0.25) is 14.9 Å². The molecule has 0 aliphatic carbocycles. The van der Waals surface area contributed by atoms with Crippen LogP contribution < -0.4 is 19.5 Å². The quantitative estimate of drug-likeness (QED) is 0.453. The predicted octanol–water partition coefficient (Wildman–Crippen LogP) is 2.17. The number of methoxy groups -OCH3 is 1. The Morgan fingerprint density at radius 3 is 2.61 bits per heavy atom. The van der Waals surface area contributed by atoms with E-state index < -0.39 is 23.4 Å². The van der Waals surface area contributed by atoms with E-state index in [0.29, 0.717) is 30.4 Å². The summed E-state index contributed by atoms with van der Waals surface area (Å²) in [6.07, 6.45) is 0. The number of rotatable bonds is 6. The maximum absolute atomic E-state index is 12.1. The molecule has 0 saturated heterocycles. The van der Waals surface area contributed by atoms with Crippen LogP contribution in [0.3, 0.4) is 0 Å². The number of amides is 1. The number of ether oxygens (including phenoxy) is 4. The van der Waals surface area contributed by atoms with Crippen molar-refractivity contribution in [3.8, 4) is 17.2 Å². The van der Waals surface area contributed by atoms with Gasteiger partial charge in [0.05, 0.1) is 17.6 Å². The highest BCUT2D eigenvalue weighted by Crippen LogP contribution is 2.32. The first-order chi connectivity index (χ1) is 13.5. The third-order valence-electron chi connectivity index (χ3n) is 3.77. The molecule has 146 valence electrons. The maximum atomic E-state index is 12.1. The lowest BCUT2D eigenvalue weighted by molar-refractivity contribution is -0.385. The van der Waals surface area contributed by atoms with Gasteiger partial charge in [-0.15, -0.1) is 0 Å². The van der Waals surface area contributed by atoms with Gasteiger partial charge in [0.25, 0.3) is 5.91 Å². The molecule has 10 heteroatoms. The van der Waals surface area contributed by atoms with Gasteiger partial charge in [0.2, 0.25) is 0 Å². The number of esters is 1. The van der Waals surface area contributed by atoms with Crippen LogP contribution in [0.15, 0.2) is 36.4 Å². The van der Waals surface area contributed by atoms with Crippen LogP contribution in [-0.4, -0.2) is 43.7 Å². The molecule has 0 atom stereocenters. The number of nitrogens with one attached hydrogen (secondary N) is 1. The van der Waals surface area contributed by atoms with E-state index >= 15 is 0 Å². The highest BCUT2D eigenvalue weighted by atomic mass is 16.6. The number of carbonyl (C=O) groups is 2. The van der Waals surface area contributed by atoms with E-state index in [2.05, 4.69) is 5.32 Å². The number of hydrogen-bond acceptors (Lipinski definition) is 8. The molecule has 1 N–H and O–H groups in total. The first kappa shape index (κ1) is 19.0. The summed E-state index contributed by atoms with van der Waals surface area (Å²) < 4.78 is 20.6. The van der Waals surface area contributed by atoms with Crippen molar-refractivity contribution in [1.82, 2.24) is 0 Å². The number of fused-ring (bicyclic) bond motifs is 1. The molecule has 0 spiro atoms. The van der Waals surface area contributed by atoms with Gasteiger partial charge in [-0.05, 0) is 24.3 Å². The van der Waals surface area contributed by atoms with E-state index in [1.165, 1.54) is 19.2 Å². The van der Waals surface area contributed by atoms with E-state index in [0.717, 1.165) is 6.07 Å². The molecule has 0 unspecified atom stereocenters. The van der Waals surface area contributed by atoms with Crippen molar-refractivity contribution >= 4 is 23.3 Å². The van der Waals surface area contributed by atoms with Gasteiger partial charge in [0.15, 0.2) is 23.9 Å². The summed E-state index contributed by atoms with van der Waals surface area (Å²) in [6, 6.07) is 8.50. The summed E-state index contributed by atoms with van der Waals surface area (Å²) in [4.78, 5) is 34.4. The van der Waals surface area contributed by atoms with Crippen molar-refractivity contribution in [2.24, 2.45) is 0 Å². The first-order valence-corrected chi connectivity index (χ1v) is 8.17. The lowest BCUT2D eigenvalue weighted by Crippen LogP contribution is -2.21. The third kappa shape index (κ3) is 4.29. The molecule has 0 saturated carbocycles. The molecule has 1 aliphatic heterocycles. The maximum Gasteiger partial charge on any atom is 0.338 e. The van der Waals surface area contributed by atoms with Gasteiger partial charge in [-0.25, -0.2) is 4.79 Å². The molecule has 1 heterocycles. The molecule has 0 aromatic heterocycles. The zero-order chi connectivity index (χ0) is 20.1. The second-order valence-electron chi connectivity index (χ2n) is 5.63. The summed E-state index contributed by atoms with van der Waals surface area (Å²) in [5.41, 5.74) is 0.00249. The Morgan fingerprint density at radius 1 is 1.14 bits per heavy atom. The molecule has 1 amide bonds. The van der Waals surface area contributed by atoms with Crippen LogP contribution in [0.5, 0.6) is 17.2 Å². The van der Waals surface area contributed by atoms with Gasteiger partial charge in [0, 0.05) is 17.8 Å². The normalized spacial score (nSPS) is 12.0. The number of hydrogen-bond donors (Lipinski definition) is 1. The molecule has 0 bridgehead atoms. The van der Waals surface area contributed by atoms with Crippen molar-refractivity contribution in [3.05, 3.63) is 52.1 Å². The minimum absolute atomic E-state index is 0.0119. The van der Waals surface area contributed by atoms with Crippen LogP contribution in [0.1, 0.15) is 10.4 Å². The van der Waals surface area contributed by atoms with Gasteiger partial charge in [0.1, 0.15) is 13.2 Å². The van der Waals surface area contributed by atoms with E-state index in [4.69, 9.17) is 18.9 Å². The zero-order valence-corrected chi connectivity index (χ0v) is 14.8. The lowest BCUT2D eigenvalue weighted by Gasteiger charge is -2.19. The van der Waals surface area contributed by atoms with Gasteiger partial charge in [-0.2, -0.15) is 0 Å². The molecule has 2 aromatic rings. The van der Waals surface area contributed by atoms with E-state index in [1.54, 1.807) is 18.2 Å². The number of nitro benzene ring substituents is 1. The molecule has 10 nitrogen and oxygen atoms in total. The second-order valence-corrected chi connectivity index (χ2v) is 5.63. The molecule has 28 heavy (non-hydrogen) atoms. The van der Waals surface area contributed by atoms with Gasteiger partial charge < -0.3 is 24.3 Å². The molecule has 1 aliphatic rings. The Bertz CT molecular complexity index is 928. The minimum atomic E-state index is -0.872. The van der Waals surface area contributed by atoms with Crippen molar-refractivity contribution in [3.63, 3.8) is 0 Å². The van der Waals surface area contributed by atoms with E-state index in [1.807, 2.05) is 0 Å². The fraction of sp³-hybridized carbons (Fsp3) is 0.222. The van der Waals surface area contributed by atoms with Crippen LogP contribution in [0.4, 0.5) is 11.4 Å². The summed E-state index contributed by atoms with van der Waals surface area (Å²) in [5.74, 6) is -0.350. The van der Waals surface area contributed by atoms with Crippen LogP contribution in [0.25, 0.3) is 0 Å². The average Bonchev–Trinajstić information content (AvgIpc) is 2.71. The van der Waals surface area contributed by atoms with E-state index in [9.17, 15) is 19.7 Å². The average molecular weight is 388 g/mol. The van der Waals surface area contributed by atoms with Crippen molar-refractivity contribution in [2.75, 3.05) is 32.2 Å². The largest absolute Gasteiger partial charge is 0.490 e. The van der Waals surface area contributed by atoms with Crippen LogP contribution in [0.2, 0.25) is 0 Å². The highest BCUT2D eigenvalue weighted by molar-refractivity contribution is 5.96. The van der Waals surface area contributed by atoms with Crippen LogP contribution in [0, 0.1) is 10.1 Å². The highest BCUT2D eigenvalue weighted by Gasteiger charge is 2.20. The number of benzene rings is 2. The molecular formula is C18H16N2O8. The van der Waals surface area contributed by atoms with Crippen molar-refractivity contribution in [2.45, 2.75) is 0 Å². The van der Waals surface area contributed by atoms with E-state index in [-0.39, 0.29) is 17.0 Å². The Morgan fingerprint density at radius 2 is 1.89 bits per heavy atom. The summed E-state index contributed by atoms with van der Waals surface area (Å²) in [7, 11) is 1.28. The van der Waals surface area contributed by atoms with Gasteiger partial charge >= 0.3 is 11.7 Å². The second kappa shape index (κ2) is 8.25. The topological polar surface area (TPSA) is 126 Å². The fourth-order valence-corrected chi connectivity index (χ4v) is 2.49. The smallest absolute Gasteiger partial charge is 0.338 e. The standard InChI is InChI=1S/C18H16N2O8/c1-25-14-4-2-11(8-13(14)20(23)24)18(22)28-10-17(21)19-12-3-5-15-16(9-12)27-7-6-26-15/h2-5,8-9H,6-7,10H2,1H3,(H,19,21). The van der Waals surface area contributed by atoms with Gasteiger partial charge in [-0.1, -0.05) is 0 Å². The van der Waals surface area contributed by atoms with Crippen molar-refractivity contribution in [1.29, 1.82) is 0 Å². The van der Waals surface area contributed by atoms with Crippen molar-refractivity contribution < 1.29 is 33.5 Å². The first-order valence-electron chi connectivity index (χ1n) is 8.17. The predicted molar refractivity (Wildman–Crippen MR) is 96.0 cm³/mol. The third-order valence-corrected chi connectivity index (χ3v) is 3.77. The SMILES string of the molecule is COc1ccc(C(=O)OCC(=O)Nc2ccc3c(c2)OCCO3)cc1[N+](=O)[O-]. The monoisotopic (exact) mass is 388 g/mol. The fourth-order valence-electron chi connectivity index (χ4n) is 2.49.